The summed E-state index contributed by atoms with van der Waals surface area (Å²) in [5.41, 5.74) is 4.82. The second kappa shape index (κ2) is 5.61. The molecular weight excluding hydrogens is 286 g/mol. The van der Waals surface area contributed by atoms with E-state index in [2.05, 4.69) is 51.5 Å². The normalized spacial score (nSPS) is 18.7. The molecular formula is C19H21N3O. The van der Waals surface area contributed by atoms with Crippen LogP contribution in [-0.4, -0.2) is 18.6 Å². The van der Waals surface area contributed by atoms with Gasteiger partial charge in [0.2, 0.25) is 5.91 Å². The Morgan fingerprint density at radius 1 is 1.13 bits per heavy atom. The molecule has 0 radical (unpaired) electrons. The fourth-order valence-corrected chi connectivity index (χ4v) is 3.75. The van der Waals surface area contributed by atoms with Crippen LogP contribution in [0, 0.1) is 0 Å². The van der Waals surface area contributed by atoms with E-state index in [4.69, 9.17) is 0 Å². The number of nitrogens with zero attached hydrogens (tertiary/aromatic N) is 2. The first-order valence-corrected chi connectivity index (χ1v) is 8.21. The highest BCUT2D eigenvalue weighted by molar-refractivity contribution is 5.88. The molecule has 2 aromatic carbocycles. The van der Waals surface area contributed by atoms with Gasteiger partial charge >= 0.3 is 0 Å². The lowest BCUT2D eigenvalue weighted by Gasteiger charge is -2.27. The Morgan fingerprint density at radius 3 is 2.61 bits per heavy atom. The molecule has 118 valence electrons. The monoisotopic (exact) mass is 307 g/mol. The molecule has 2 aliphatic heterocycles. The van der Waals surface area contributed by atoms with Crippen LogP contribution in [0.5, 0.6) is 0 Å². The fraction of sp³-hybridized carbons (Fsp3) is 0.316. The van der Waals surface area contributed by atoms with Crippen LogP contribution >= 0.6 is 0 Å². The van der Waals surface area contributed by atoms with Gasteiger partial charge in [-0.1, -0.05) is 24.3 Å². The second-order valence-corrected chi connectivity index (χ2v) is 6.31. The molecule has 1 saturated heterocycles. The molecule has 0 aliphatic carbocycles. The number of fused-ring (bicyclic) bond motifs is 3. The molecule has 1 unspecified atom stereocenters. The lowest BCUT2D eigenvalue weighted by Crippen LogP contribution is -2.38. The van der Waals surface area contributed by atoms with Crippen molar-refractivity contribution in [2.45, 2.75) is 32.5 Å². The standard InChI is InChI=1S/C19H21N3O/c1-14(23)20-16-10-8-15(9-11-16)13-22-18-6-3-2-5-17(18)21-12-4-7-19(21)22/h2-3,5-6,8-11,19H,4,7,12-13H2,1H3,(H,20,23). The number of nitrogens with one attached hydrogen (secondary N) is 1. The molecule has 0 aromatic heterocycles. The van der Waals surface area contributed by atoms with E-state index >= 15 is 0 Å². The predicted molar refractivity (Wildman–Crippen MR) is 93.7 cm³/mol. The Bertz CT molecular complexity index is 726. The van der Waals surface area contributed by atoms with Gasteiger partial charge in [-0.3, -0.25) is 4.79 Å². The molecule has 1 amide bonds. The highest BCUT2D eigenvalue weighted by atomic mass is 16.1. The van der Waals surface area contributed by atoms with Crippen molar-refractivity contribution in [3.8, 4) is 0 Å². The van der Waals surface area contributed by atoms with Crippen LogP contribution in [0.15, 0.2) is 48.5 Å². The molecule has 2 aliphatic rings. The number of hydrogen-bond donors (Lipinski definition) is 1. The van der Waals surface area contributed by atoms with Gasteiger partial charge in [-0.25, -0.2) is 0 Å². The smallest absolute Gasteiger partial charge is 0.221 e. The average molecular weight is 307 g/mol. The van der Waals surface area contributed by atoms with E-state index in [1.54, 1.807) is 0 Å². The topological polar surface area (TPSA) is 35.6 Å². The zero-order chi connectivity index (χ0) is 15.8. The SMILES string of the molecule is CC(=O)Nc1ccc(CN2c3ccccc3N3CCCC32)cc1. The van der Waals surface area contributed by atoms with Gasteiger partial charge in [0.1, 0.15) is 6.17 Å². The van der Waals surface area contributed by atoms with Crippen molar-refractivity contribution in [1.82, 2.24) is 0 Å². The van der Waals surface area contributed by atoms with Gasteiger partial charge in [0.15, 0.2) is 0 Å². The van der Waals surface area contributed by atoms with E-state index in [1.807, 2.05) is 12.1 Å². The first-order chi connectivity index (χ1) is 11.2. The Kier molecular flexibility index (Phi) is 3.45. The molecule has 0 spiro atoms. The highest BCUT2D eigenvalue weighted by Crippen LogP contribution is 2.44. The lowest BCUT2D eigenvalue weighted by molar-refractivity contribution is -0.114. The third kappa shape index (κ3) is 2.54. The van der Waals surface area contributed by atoms with Crippen LogP contribution in [0.2, 0.25) is 0 Å². The van der Waals surface area contributed by atoms with Crippen molar-refractivity contribution in [3.63, 3.8) is 0 Å². The van der Waals surface area contributed by atoms with Crippen molar-refractivity contribution in [2.24, 2.45) is 0 Å². The van der Waals surface area contributed by atoms with Crippen LogP contribution in [0.25, 0.3) is 0 Å². The van der Waals surface area contributed by atoms with Gasteiger partial charge in [0.25, 0.3) is 0 Å². The Labute approximate surface area is 136 Å². The first-order valence-electron chi connectivity index (χ1n) is 8.21. The maximum absolute atomic E-state index is 11.1. The van der Waals surface area contributed by atoms with Gasteiger partial charge in [-0.15, -0.1) is 0 Å². The van der Waals surface area contributed by atoms with Crippen LogP contribution < -0.4 is 15.1 Å². The minimum atomic E-state index is -0.0344. The number of benzene rings is 2. The summed E-state index contributed by atoms with van der Waals surface area (Å²) in [6.07, 6.45) is 2.97. The lowest BCUT2D eigenvalue weighted by atomic mass is 10.1. The van der Waals surface area contributed by atoms with Gasteiger partial charge in [0.05, 0.1) is 11.4 Å². The minimum absolute atomic E-state index is 0.0344. The van der Waals surface area contributed by atoms with Crippen molar-refractivity contribution in [1.29, 1.82) is 0 Å². The third-order valence-corrected chi connectivity index (χ3v) is 4.71. The summed E-state index contributed by atoms with van der Waals surface area (Å²) in [5.74, 6) is -0.0344. The highest BCUT2D eigenvalue weighted by Gasteiger charge is 2.38. The van der Waals surface area contributed by atoms with Crippen molar-refractivity contribution >= 4 is 23.0 Å². The number of para-hydroxylation sites is 2. The van der Waals surface area contributed by atoms with E-state index < -0.39 is 0 Å². The molecule has 2 heterocycles. The predicted octanol–water partition coefficient (Wildman–Crippen LogP) is 3.59. The zero-order valence-corrected chi connectivity index (χ0v) is 13.3. The minimum Gasteiger partial charge on any atom is -0.349 e. The number of carbonyl (C=O) groups excluding carboxylic acids is 1. The zero-order valence-electron chi connectivity index (χ0n) is 13.3. The number of amides is 1. The van der Waals surface area contributed by atoms with Crippen LogP contribution in [0.3, 0.4) is 0 Å². The Hall–Kier alpha value is -2.49. The largest absolute Gasteiger partial charge is 0.349 e. The molecule has 1 N–H and O–H groups in total. The molecule has 1 fully saturated rings. The molecule has 23 heavy (non-hydrogen) atoms. The average Bonchev–Trinajstić information content (AvgIpc) is 3.12. The summed E-state index contributed by atoms with van der Waals surface area (Å²) in [6, 6.07) is 16.9. The third-order valence-electron chi connectivity index (χ3n) is 4.71. The summed E-state index contributed by atoms with van der Waals surface area (Å²) >= 11 is 0. The van der Waals surface area contributed by atoms with Gasteiger partial charge < -0.3 is 15.1 Å². The van der Waals surface area contributed by atoms with Crippen molar-refractivity contribution in [3.05, 3.63) is 54.1 Å². The number of carbonyl (C=O) groups is 1. The quantitative estimate of drug-likeness (QED) is 0.941. The number of hydrogen-bond acceptors (Lipinski definition) is 3. The molecule has 0 saturated carbocycles. The second-order valence-electron chi connectivity index (χ2n) is 6.31. The van der Waals surface area contributed by atoms with E-state index in [9.17, 15) is 4.79 Å². The summed E-state index contributed by atoms with van der Waals surface area (Å²) in [5, 5.41) is 2.82. The summed E-state index contributed by atoms with van der Waals surface area (Å²) in [4.78, 5) is 16.2. The van der Waals surface area contributed by atoms with E-state index in [0.717, 1.165) is 18.8 Å². The number of anilines is 3. The van der Waals surface area contributed by atoms with E-state index in [-0.39, 0.29) is 5.91 Å². The molecule has 4 heteroatoms. The maximum atomic E-state index is 11.1. The summed E-state index contributed by atoms with van der Waals surface area (Å²) in [7, 11) is 0. The van der Waals surface area contributed by atoms with Crippen molar-refractivity contribution in [2.75, 3.05) is 21.7 Å². The molecule has 4 nitrogen and oxygen atoms in total. The molecule has 1 atom stereocenters. The van der Waals surface area contributed by atoms with Crippen LogP contribution in [0.1, 0.15) is 25.3 Å². The van der Waals surface area contributed by atoms with Crippen LogP contribution in [-0.2, 0) is 11.3 Å². The van der Waals surface area contributed by atoms with E-state index in [0.29, 0.717) is 6.17 Å². The first kappa shape index (κ1) is 14.1. The maximum Gasteiger partial charge on any atom is 0.221 e. The van der Waals surface area contributed by atoms with Crippen LogP contribution in [0.4, 0.5) is 17.1 Å². The summed E-state index contributed by atoms with van der Waals surface area (Å²) in [6.45, 7) is 3.59. The molecule has 0 bridgehead atoms. The Morgan fingerprint density at radius 2 is 1.87 bits per heavy atom. The van der Waals surface area contributed by atoms with E-state index in [1.165, 1.54) is 36.7 Å². The molecule has 2 aromatic rings. The van der Waals surface area contributed by atoms with Gasteiger partial charge in [-0.05, 0) is 42.7 Å². The summed E-state index contributed by atoms with van der Waals surface area (Å²) < 4.78 is 0. The molecule has 4 rings (SSSR count). The number of rotatable bonds is 3. The van der Waals surface area contributed by atoms with Gasteiger partial charge in [-0.2, -0.15) is 0 Å². The van der Waals surface area contributed by atoms with Gasteiger partial charge in [0, 0.05) is 25.7 Å². The Balaban J connectivity index is 1.57. The fourth-order valence-electron chi connectivity index (χ4n) is 3.75. The van der Waals surface area contributed by atoms with Crippen molar-refractivity contribution < 1.29 is 4.79 Å².